The van der Waals surface area contributed by atoms with E-state index in [0.717, 1.165) is 48.1 Å². The molecule has 32 heavy (non-hydrogen) atoms. The Labute approximate surface area is 190 Å². The molecular formula is C24H24N4O3S. The zero-order valence-corrected chi connectivity index (χ0v) is 18.6. The van der Waals surface area contributed by atoms with Gasteiger partial charge in [0.05, 0.1) is 37.3 Å². The fourth-order valence-corrected chi connectivity index (χ4v) is 4.89. The van der Waals surface area contributed by atoms with Crippen molar-refractivity contribution in [3.8, 4) is 11.3 Å². The van der Waals surface area contributed by atoms with E-state index < -0.39 is 0 Å². The van der Waals surface area contributed by atoms with Crippen molar-refractivity contribution < 1.29 is 14.3 Å². The molecule has 1 saturated heterocycles. The van der Waals surface area contributed by atoms with Crippen LogP contribution >= 0.6 is 11.8 Å². The molecule has 4 aromatic rings. The molecule has 1 aromatic carbocycles. The maximum absolute atomic E-state index is 12.1. The van der Waals surface area contributed by atoms with Crippen molar-refractivity contribution in [2.45, 2.75) is 36.4 Å². The molecule has 3 aromatic heterocycles. The Bertz CT molecular complexity index is 1230. The van der Waals surface area contributed by atoms with E-state index in [4.69, 9.17) is 14.5 Å². The van der Waals surface area contributed by atoms with Crippen molar-refractivity contribution in [3.05, 3.63) is 72.3 Å². The van der Waals surface area contributed by atoms with Crippen molar-refractivity contribution in [1.29, 1.82) is 0 Å². The van der Waals surface area contributed by atoms with Crippen LogP contribution in [0.15, 0.2) is 66.2 Å². The van der Waals surface area contributed by atoms with Gasteiger partial charge in [-0.15, -0.1) is 0 Å². The summed E-state index contributed by atoms with van der Waals surface area (Å²) in [6.45, 7) is 1.61. The number of hydrogen-bond donors (Lipinski definition) is 0. The molecule has 8 heteroatoms. The van der Waals surface area contributed by atoms with Crippen molar-refractivity contribution in [2.75, 3.05) is 13.7 Å². The summed E-state index contributed by atoms with van der Waals surface area (Å²) in [5, 5.41) is 0.935. The topological polar surface area (TPSA) is 70.7 Å². The van der Waals surface area contributed by atoms with Crippen LogP contribution in [0.2, 0.25) is 0 Å². The lowest BCUT2D eigenvalue weighted by atomic mass is 10.1. The van der Waals surface area contributed by atoms with Crippen LogP contribution in [0, 0.1) is 0 Å². The monoisotopic (exact) mass is 448 g/mol. The number of fused-ring (bicyclic) bond motifs is 1. The Balaban J connectivity index is 1.41. The number of nitrogens with zero attached hydrogens (tertiary/aromatic N) is 4. The molecule has 0 aliphatic carbocycles. The van der Waals surface area contributed by atoms with Crippen molar-refractivity contribution in [2.24, 2.45) is 0 Å². The zero-order chi connectivity index (χ0) is 21.9. The molecule has 7 nitrogen and oxygen atoms in total. The molecule has 5 rings (SSSR count). The van der Waals surface area contributed by atoms with E-state index in [2.05, 4.69) is 21.7 Å². The van der Waals surface area contributed by atoms with Gasteiger partial charge in [-0.05, 0) is 30.5 Å². The Morgan fingerprint density at radius 3 is 2.91 bits per heavy atom. The van der Waals surface area contributed by atoms with Gasteiger partial charge < -0.3 is 18.4 Å². The summed E-state index contributed by atoms with van der Waals surface area (Å²) in [6.07, 6.45) is 8.15. The number of rotatable bonds is 7. The molecular weight excluding hydrogens is 424 g/mol. The lowest BCUT2D eigenvalue weighted by Crippen LogP contribution is -2.16. The predicted molar refractivity (Wildman–Crippen MR) is 123 cm³/mol. The second-order valence-corrected chi connectivity index (χ2v) is 8.65. The van der Waals surface area contributed by atoms with Gasteiger partial charge in [0, 0.05) is 24.8 Å². The molecule has 4 heterocycles. The van der Waals surface area contributed by atoms with E-state index in [9.17, 15) is 4.79 Å². The second kappa shape index (κ2) is 9.18. The third-order valence-corrected chi connectivity index (χ3v) is 6.61. The largest absolute Gasteiger partial charge is 0.465 e. The number of ether oxygens (including phenoxy) is 2. The van der Waals surface area contributed by atoms with Crippen molar-refractivity contribution >= 4 is 23.4 Å². The molecule has 0 spiro atoms. The van der Waals surface area contributed by atoms with E-state index in [1.165, 1.54) is 7.11 Å². The number of aromatic nitrogens is 4. The molecule has 1 aliphatic rings. The molecule has 1 unspecified atom stereocenters. The van der Waals surface area contributed by atoms with Crippen LogP contribution < -0.4 is 0 Å². The summed E-state index contributed by atoms with van der Waals surface area (Å²) in [5.41, 5.74) is 4.16. The molecule has 0 radical (unpaired) electrons. The Morgan fingerprint density at radius 1 is 1.25 bits per heavy atom. The minimum atomic E-state index is -0.389. The quantitative estimate of drug-likeness (QED) is 0.307. The highest BCUT2D eigenvalue weighted by atomic mass is 32.2. The van der Waals surface area contributed by atoms with Crippen LogP contribution in [0.1, 0.15) is 28.9 Å². The van der Waals surface area contributed by atoms with Crippen LogP contribution in [0.4, 0.5) is 0 Å². The van der Waals surface area contributed by atoms with E-state index in [1.54, 1.807) is 17.8 Å². The number of hydrogen-bond acceptors (Lipinski definition) is 6. The minimum Gasteiger partial charge on any atom is -0.465 e. The number of benzene rings is 1. The van der Waals surface area contributed by atoms with E-state index in [1.807, 2.05) is 47.3 Å². The summed E-state index contributed by atoms with van der Waals surface area (Å²) in [7, 11) is 1.38. The van der Waals surface area contributed by atoms with E-state index in [-0.39, 0.29) is 12.1 Å². The Hall–Kier alpha value is -3.10. The fourth-order valence-electron chi connectivity index (χ4n) is 4.02. The van der Waals surface area contributed by atoms with Gasteiger partial charge in [-0.25, -0.2) is 14.8 Å². The number of imidazole rings is 2. The number of carbonyl (C=O) groups excluding carboxylic acids is 1. The zero-order valence-electron chi connectivity index (χ0n) is 17.8. The van der Waals surface area contributed by atoms with Crippen LogP contribution in [0.25, 0.3) is 16.9 Å². The fraction of sp³-hybridized carbons (Fsp3) is 0.292. The maximum atomic E-state index is 12.1. The highest BCUT2D eigenvalue weighted by molar-refractivity contribution is 7.98. The van der Waals surface area contributed by atoms with Gasteiger partial charge in [-0.3, -0.25) is 0 Å². The van der Waals surface area contributed by atoms with Gasteiger partial charge in [-0.2, -0.15) is 0 Å². The van der Waals surface area contributed by atoms with Crippen LogP contribution in [0.3, 0.4) is 0 Å². The summed E-state index contributed by atoms with van der Waals surface area (Å²) < 4.78 is 14.9. The molecule has 164 valence electrons. The number of esters is 1. The Morgan fingerprint density at radius 2 is 2.12 bits per heavy atom. The summed E-state index contributed by atoms with van der Waals surface area (Å²) in [4.78, 5) is 21.5. The SMILES string of the molecule is COC(=O)c1cccn2cc(CSc3ncc(-c4ccccc4)n3CC3CCCO3)nc12. The summed E-state index contributed by atoms with van der Waals surface area (Å²) in [6, 6.07) is 13.9. The van der Waals surface area contributed by atoms with Gasteiger partial charge in [0.15, 0.2) is 10.8 Å². The first kappa shape index (κ1) is 20.8. The first-order valence-electron chi connectivity index (χ1n) is 10.6. The second-order valence-electron chi connectivity index (χ2n) is 7.70. The predicted octanol–water partition coefficient (Wildman–Crippen LogP) is 4.46. The third kappa shape index (κ3) is 4.16. The Kier molecular flexibility index (Phi) is 5.96. The lowest BCUT2D eigenvalue weighted by Gasteiger charge is -2.16. The number of carbonyl (C=O) groups is 1. The average Bonchev–Trinajstić information content (AvgIpc) is 3.57. The van der Waals surface area contributed by atoms with Gasteiger partial charge in [0.1, 0.15) is 5.56 Å². The van der Waals surface area contributed by atoms with Gasteiger partial charge in [-0.1, -0.05) is 42.1 Å². The smallest absolute Gasteiger partial charge is 0.341 e. The summed E-state index contributed by atoms with van der Waals surface area (Å²) >= 11 is 1.64. The number of pyridine rings is 1. The lowest BCUT2D eigenvalue weighted by molar-refractivity contribution is 0.0602. The van der Waals surface area contributed by atoms with Crippen molar-refractivity contribution in [1.82, 2.24) is 18.9 Å². The highest BCUT2D eigenvalue weighted by Gasteiger charge is 2.21. The first-order valence-corrected chi connectivity index (χ1v) is 11.6. The molecule has 0 bridgehead atoms. The van der Waals surface area contributed by atoms with E-state index in [0.29, 0.717) is 17.0 Å². The standard InChI is InChI=1S/C24H24N4O3S/c1-30-23(29)20-10-5-11-27-14-18(26-22(20)27)16-32-24-25-13-21(17-7-3-2-4-8-17)28(24)15-19-9-6-12-31-19/h2-5,7-8,10-11,13-14,19H,6,9,12,15-16H2,1H3. The highest BCUT2D eigenvalue weighted by Crippen LogP contribution is 2.30. The van der Waals surface area contributed by atoms with Gasteiger partial charge in [0.2, 0.25) is 0 Å². The van der Waals surface area contributed by atoms with Gasteiger partial charge >= 0.3 is 5.97 Å². The minimum absolute atomic E-state index is 0.212. The number of thioether (sulfide) groups is 1. The van der Waals surface area contributed by atoms with E-state index >= 15 is 0 Å². The first-order chi connectivity index (χ1) is 15.7. The molecule has 1 atom stereocenters. The molecule has 0 saturated carbocycles. The van der Waals surface area contributed by atoms with Gasteiger partial charge in [0.25, 0.3) is 0 Å². The third-order valence-electron chi connectivity index (χ3n) is 5.59. The molecule has 0 N–H and O–H groups in total. The normalized spacial score (nSPS) is 16.0. The van der Waals surface area contributed by atoms with Crippen LogP contribution in [-0.2, 0) is 21.8 Å². The maximum Gasteiger partial charge on any atom is 0.341 e. The van der Waals surface area contributed by atoms with Crippen LogP contribution in [0.5, 0.6) is 0 Å². The van der Waals surface area contributed by atoms with Crippen LogP contribution in [-0.4, -0.2) is 44.7 Å². The summed E-state index contributed by atoms with van der Waals surface area (Å²) in [5.74, 6) is 0.249. The molecule has 1 aliphatic heterocycles. The molecule has 0 amide bonds. The van der Waals surface area contributed by atoms with Crippen molar-refractivity contribution in [3.63, 3.8) is 0 Å². The molecule has 1 fully saturated rings. The average molecular weight is 449 g/mol. The number of methoxy groups -OCH3 is 1.